The van der Waals surface area contributed by atoms with Crippen LogP contribution < -0.4 is 11.0 Å². The summed E-state index contributed by atoms with van der Waals surface area (Å²) >= 11 is 5.85. The SMILES string of the molecule is O=C(NCCc1ccc2[nH]c(=O)[nH]c2c1)c1c(F)cccc1Cl. The topological polar surface area (TPSA) is 77.8 Å². The van der Waals surface area contributed by atoms with Gasteiger partial charge in [-0.2, -0.15) is 0 Å². The van der Waals surface area contributed by atoms with E-state index >= 15 is 0 Å². The Morgan fingerprint density at radius 1 is 1.17 bits per heavy atom. The summed E-state index contributed by atoms with van der Waals surface area (Å²) in [5.74, 6) is -1.20. The highest BCUT2D eigenvalue weighted by Crippen LogP contribution is 2.18. The van der Waals surface area contributed by atoms with Crippen LogP contribution in [0.2, 0.25) is 5.02 Å². The smallest absolute Gasteiger partial charge is 0.323 e. The molecule has 0 aliphatic carbocycles. The van der Waals surface area contributed by atoms with Crippen LogP contribution in [0.15, 0.2) is 41.2 Å². The third kappa shape index (κ3) is 3.27. The zero-order valence-electron chi connectivity index (χ0n) is 12.0. The van der Waals surface area contributed by atoms with E-state index in [4.69, 9.17) is 11.6 Å². The number of fused-ring (bicyclic) bond motifs is 1. The van der Waals surface area contributed by atoms with E-state index in [2.05, 4.69) is 15.3 Å². The third-order valence-corrected chi connectivity index (χ3v) is 3.78. The Hall–Kier alpha value is -2.60. The van der Waals surface area contributed by atoms with Gasteiger partial charge < -0.3 is 15.3 Å². The molecular formula is C16H13ClFN3O2. The lowest BCUT2D eigenvalue weighted by molar-refractivity contribution is 0.0950. The molecule has 5 nitrogen and oxygen atoms in total. The number of aromatic amines is 2. The maximum Gasteiger partial charge on any atom is 0.323 e. The van der Waals surface area contributed by atoms with E-state index in [1.54, 1.807) is 6.07 Å². The third-order valence-electron chi connectivity index (χ3n) is 3.47. The lowest BCUT2D eigenvalue weighted by atomic mass is 10.1. The van der Waals surface area contributed by atoms with Crippen molar-refractivity contribution in [3.8, 4) is 0 Å². The number of halogens is 2. The number of carbonyl (C=O) groups is 1. The highest BCUT2D eigenvalue weighted by molar-refractivity contribution is 6.33. The van der Waals surface area contributed by atoms with Gasteiger partial charge >= 0.3 is 5.69 Å². The fourth-order valence-electron chi connectivity index (χ4n) is 2.36. The molecule has 2 aromatic carbocycles. The molecular weight excluding hydrogens is 321 g/mol. The minimum atomic E-state index is -0.652. The molecule has 0 aliphatic rings. The summed E-state index contributed by atoms with van der Waals surface area (Å²) in [6.07, 6.45) is 0.543. The van der Waals surface area contributed by atoms with Crippen LogP contribution in [0.25, 0.3) is 11.0 Å². The molecule has 118 valence electrons. The number of carbonyl (C=O) groups excluding carboxylic acids is 1. The first-order valence-corrected chi connectivity index (χ1v) is 7.35. The number of rotatable bonds is 4. The first-order chi connectivity index (χ1) is 11.0. The summed E-state index contributed by atoms with van der Waals surface area (Å²) < 4.78 is 13.6. The van der Waals surface area contributed by atoms with Crippen LogP contribution in [0.1, 0.15) is 15.9 Å². The number of hydrogen-bond acceptors (Lipinski definition) is 2. The molecule has 1 heterocycles. The van der Waals surface area contributed by atoms with Crippen molar-refractivity contribution in [1.82, 2.24) is 15.3 Å². The van der Waals surface area contributed by atoms with E-state index in [9.17, 15) is 14.0 Å². The number of amides is 1. The van der Waals surface area contributed by atoms with Gasteiger partial charge in [-0.3, -0.25) is 4.79 Å². The van der Waals surface area contributed by atoms with Crippen LogP contribution >= 0.6 is 11.6 Å². The van der Waals surface area contributed by atoms with Gasteiger partial charge in [-0.05, 0) is 36.2 Å². The normalized spacial score (nSPS) is 10.9. The second kappa shape index (κ2) is 6.26. The van der Waals surface area contributed by atoms with Crippen LogP contribution in [0.3, 0.4) is 0 Å². The van der Waals surface area contributed by atoms with Crippen molar-refractivity contribution in [2.45, 2.75) is 6.42 Å². The Morgan fingerprint density at radius 2 is 1.96 bits per heavy atom. The zero-order valence-corrected chi connectivity index (χ0v) is 12.7. The summed E-state index contributed by atoms with van der Waals surface area (Å²) in [5, 5.41) is 2.72. The average molecular weight is 334 g/mol. The first-order valence-electron chi connectivity index (χ1n) is 6.98. The molecule has 0 bridgehead atoms. The van der Waals surface area contributed by atoms with Gasteiger partial charge in [-0.25, -0.2) is 9.18 Å². The predicted octanol–water partition coefficient (Wildman–Crippen LogP) is 2.62. The molecule has 3 rings (SSSR count). The molecule has 0 spiro atoms. The maximum absolute atomic E-state index is 13.6. The minimum Gasteiger partial charge on any atom is -0.352 e. The van der Waals surface area contributed by atoms with Crippen LogP contribution in [0, 0.1) is 5.82 Å². The molecule has 0 radical (unpaired) electrons. The van der Waals surface area contributed by atoms with Gasteiger partial charge in [0.05, 0.1) is 21.6 Å². The Bertz CT molecular complexity index is 912. The van der Waals surface area contributed by atoms with Gasteiger partial charge in [0.2, 0.25) is 0 Å². The Labute approximate surface area is 135 Å². The van der Waals surface area contributed by atoms with Crippen molar-refractivity contribution in [3.63, 3.8) is 0 Å². The van der Waals surface area contributed by atoms with E-state index < -0.39 is 11.7 Å². The van der Waals surface area contributed by atoms with Gasteiger partial charge in [0.25, 0.3) is 5.91 Å². The summed E-state index contributed by atoms with van der Waals surface area (Å²) in [6, 6.07) is 9.58. The second-order valence-corrected chi connectivity index (χ2v) is 5.47. The lowest BCUT2D eigenvalue weighted by Gasteiger charge is -2.08. The fourth-order valence-corrected chi connectivity index (χ4v) is 2.61. The maximum atomic E-state index is 13.6. The number of aromatic nitrogens is 2. The first kappa shape index (κ1) is 15.3. The number of imidazole rings is 1. The van der Waals surface area contributed by atoms with Crippen molar-refractivity contribution in [1.29, 1.82) is 0 Å². The van der Waals surface area contributed by atoms with E-state index in [0.717, 1.165) is 11.1 Å². The monoisotopic (exact) mass is 333 g/mol. The number of benzene rings is 2. The molecule has 0 saturated heterocycles. The van der Waals surface area contributed by atoms with Crippen LogP contribution in [0.4, 0.5) is 4.39 Å². The Balaban J connectivity index is 1.66. The summed E-state index contributed by atoms with van der Waals surface area (Å²) in [4.78, 5) is 28.5. The van der Waals surface area contributed by atoms with E-state index in [1.807, 2.05) is 12.1 Å². The lowest BCUT2D eigenvalue weighted by Crippen LogP contribution is -2.26. The minimum absolute atomic E-state index is 0.0776. The molecule has 0 unspecified atom stereocenters. The molecule has 1 amide bonds. The fraction of sp³-hybridized carbons (Fsp3) is 0.125. The molecule has 0 atom stereocenters. The van der Waals surface area contributed by atoms with Gasteiger partial charge in [-0.1, -0.05) is 23.7 Å². The summed E-state index contributed by atoms with van der Waals surface area (Å²) in [5.41, 5.74) is 1.95. The van der Waals surface area contributed by atoms with Gasteiger partial charge in [0, 0.05) is 6.54 Å². The van der Waals surface area contributed by atoms with Crippen molar-refractivity contribution >= 4 is 28.5 Å². The standard InChI is InChI=1S/C16H13ClFN3O2/c17-10-2-1-3-11(18)14(10)15(22)19-7-6-9-4-5-12-13(8-9)21-16(23)20-12/h1-5,8H,6-7H2,(H,19,22)(H2,20,21,23). The summed E-state index contributed by atoms with van der Waals surface area (Å²) in [6.45, 7) is 0.323. The van der Waals surface area contributed by atoms with Crippen molar-refractivity contribution in [2.24, 2.45) is 0 Å². The van der Waals surface area contributed by atoms with Crippen molar-refractivity contribution in [2.75, 3.05) is 6.54 Å². The van der Waals surface area contributed by atoms with Crippen molar-refractivity contribution in [3.05, 3.63) is 68.8 Å². The number of H-pyrrole nitrogens is 2. The van der Waals surface area contributed by atoms with E-state index in [1.165, 1.54) is 18.2 Å². The van der Waals surface area contributed by atoms with Crippen LogP contribution in [-0.2, 0) is 6.42 Å². The highest BCUT2D eigenvalue weighted by atomic mass is 35.5. The molecule has 3 aromatic rings. The van der Waals surface area contributed by atoms with Gasteiger partial charge in [0.1, 0.15) is 5.82 Å². The molecule has 3 N–H and O–H groups in total. The van der Waals surface area contributed by atoms with Crippen LogP contribution in [-0.4, -0.2) is 22.4 Å². The molecule has 1 aromatic heterocycles. The van der Waals surface area contributed by atoms with E-state index in [0.29, 0.717) is 18.5 Å². The quantitative estimate of drug-likeness (QED) is 0.686. The molecule has 0 aliphatic heterocycles. The average Bonchev–Trinajstić information content (AvgIpc) is 2.86. The Morgan fingerprint density at radius 3 is 2.74 bits per heavy atom. The van der Waals surface area contributed by atoms with Crippen molar-refractivity contribution < 1.29 is 9.18 Å². The molecule has 7 heteroatoms. The highest BCUT2D eigenvalue weighted by Gasteiger charge is 2.15. The van der Waals surface area contributed by atoms with Crippen LogP contribution in [0.5, 0.6) is 0 Å². The van der Waals surface area contributed by atoms with E-state index in [-0.39, 0.29) is 16.3 Å². The summed E-state index contributed by atoms with van der Waals surface area (Å²) in [7, 11) is 0. The molecule has 23 heavy (non-hydrogen) atoms. The number of hydrogen-bond donors (Lipinski definition) is 3. The number of nitrogens with one attached hydrogen (secondary N) is 3. The largest absolute Gasteiger partial charge is 0.352 e. The van der Waals surface area contributed by atoms with Gasteiger partial charge in [0.15, 0.2) is 0 Å². The zero-order chi connectivity index (χ0) is 16.4. The predicted molar refractivity (Wildman–Crippen MR) is 86.4 cm³/mol. The van der Waals surface area contributed by atoms with Gasteiger partial charge in [-0.15, -0.1) is 0 Å². The molecule has 0 saturated carbocycles. The second-order valence-electron chi connectivity index (χ2n) is 5.06. The molecule has 0 fully saturated rings. The Kier molecular flexibility index (Phi) is 4.16.